The van der Waals surface area contributed by atoms with Crippen LogP contribution < -0.4 is 5.56 Å². The van der Waals surface area contributed by atoms with Gasteiger partial charge in [0.15, 0.2) is 5.75 Å². The maximum atomic E-state index is 13.1. The molecule has 152 valence electrons. The highest BCUT2D eigenvalue weighted by Crippen LogP contribution is 2.36. The molecule has 7 nitrogen and oxygen atoms in total. The van der Waals surface area contributed by atoms with E-state index in [1.54, 1.807) is 19.2 Å². The van der Waals surface area contributed by atoms with Crippen LogP contribution in [0.2, 0.25) is 0 Å². The lowest BCUT2D eigenvalue weighted by atomic mass is 9.95. The van der Waals surface area contributed by atoms with Crippen molar-refractivity contribution >= 4 is 11.8 Å². The zero-order chi connectivity index (χ0) is 21.0. The van der Waals surface area contributed by atoms with Gasteiger partial charge in [0.1, 0.15) is 17.7 Å². The van der Waals surface area contributed by atoms with Gasteiger partial charge in [-0.05, 0) is 30.0 Å². The highest BCUT2D eigenvalue weighted by atomic mass is 19.1. The Balaban J connectivity index is 1.79. The first-order chi connectivity index (χ1) is 13.7. The average Bonchev–Trinajstić information content (AvgIpc) is 2.95. The number of halogens is 1. The van der Waals surface area contributed by atoms with Crippen LogP contribution >= 0.6 is 0 Å². The third-order valence-corrected chi connectivity index (χ3v) is 5.69. The minimum Gasteiger partial charge on any atom is -0.502 e. The average molecular weight is 399 g/mol. The lowest BCUT2D eigenvalue weighted by Crippen LogP contribution is -2.40. The molecule has 2 aliphatic heterocycles. The van der Waals surface area contributed by atoms with E-state index in [1.165, 1.54) is 26.5 Å². The summed E-state index contributed by atoms with van der Waals surface area (Å²) in [6.07, 6.45) is -0.163. The van der Waals surface area contributed by atoms with Crippen LogP contribution in [0.1, 0.15) is 52.0 Å². The van der Waals surface area contributed by atoms with Crippen molar-refractivity contribution in [1.29, 1.82) is 0 Å². The van der Waals surface area contributed by atoms with Crippen molar-refractivity contribution in [2.75, 3.05) is 13.6 Å². The monoisotopic (exact) mass is 399 g/mol. The third kappa shape index (κ3) is 2.82. The summed E-state index contributed by atoms with van der Waals surface area (Å²) in [4.78, 5) is 41.9. The minimum absolute atomic E-state index is 0.0467. The molecule has 4 rings (SSSR count). The van der Waals surface area contributed by atoms with Crippen molar-refractivity contribution in [2.45, 2.75) is 33.0 Å². The van der Waals surface area contributed by atoms with Crippen LogP contribution in [-0.4, -0.2) is 44.9 Å². The van der Waals surface area contributed by atoms with Gasteiger partial charge in [0.05, 0.1) is 5.56 Å². The molecule has 2 aliphatic rings. The Morgan fingerprint density at radius 1 is 1.14 bits per heavy atom. The van der Waals surface area contributed by atoms with Crippen molar-refractivity contribution in [3.63, 3.8) is 0 Å². The molecule has 0 saturated heterocycles. The first kappa shape index (κ1) is 19.2. The van der Waals surface area contributed by atoms with Crippen LogP contribution in [0.4, 0.5) is 4.39 Å². The van der Waals surface area contributed by atoms with E-state index in [0.29, 0.717) is 18.5 Å². The molecule has 2 amide bonds. The smallest absolute Gasteiger partial charge is 0.295 e. The maximum Gasteiger partial charge on any atom is 0.295 e. The van der Waals surface area contributed by atoms with E-state index >= 15 is 0 Å². The standard InChI is InChI=1S/C21H22FN3O4/c1-11(2)18-23(3)20(28)16-14-8-9-24(10-12-4-6-13(22)7-5-12)19(27)15(14)17(26)21(29)25(16)18/h4-7,11,18,26H,8-10H2,1-3H3. The second-order valence-corrected chi connectivity index (χ2v) is 7.90. The summed E-state index contributed by atoms with van der Waals surface area (Å²) in [5, 5.41) is 10.6. The molecule has 1 aromatic carbocycles. The number of carbonyl (C=O) groups is 2. The van der Waals surface area contributed by atoms with E-state index in [4.69, 9.17) is 0 Å². The summed E-state index contributed by atoms with van der Waals surface area (Å²) in [5.41, 5.74) is 0.519. The normalized spacial score (nSPS) is 18.4. The molecule has 0 radical (unpaired) electrons. The minimum atomic E-state index is -0.730. The van der Waals surface area contributed by atoms with Gasteiger partial charge in [-0.15, -0.1) is 0 Å². The summed E-state index contributed by atoms with van der Waals surface area (Å²) in [7, 11) is 1.62. The molecule has 1 N–H and O–H groups in total. The number of hydrogen-bond acceptors (Lipinski definition) is 4. The Kier molecular flexibility index (Phi) is 4.44. The van der Waals surface area contributed by atoms with Crippen LogP contribution in [0.15, 0.2) is 29.1 Å². The number of amides is 2. The number of benzene rings is 1. The second-order valence-electron chi connectivity index (χ2n) is 7.90. The molecule has 1 unspecified atom stereocenters. The molecule has 1 atom stereocenters. The summed E-state index contributed by atoms with van der Waals surface area (Å²) in [6.45, 7) is 4.33. The summed E-state index contributed by atoms with van der Waals surface area (Å²) in [6, 6.07) is 5.80. The van der Waals surface area contributed by atoms with Crippen molar-refractivity contribution in [2.24, 2.45) is 5.92 Å². The number of carbonyl (C=O) groups excluding carboxylic acids is 2. The van der Waals surface area contributed by atoms with Gasteiger partial charge in [-0.1, -0.05) is 26.0 Å². The van der Waals surface area contributed by atoms with Gasteiger partial charge in [-0.3, -0.25) is 19.0 Å². The second kappa shape index (κ2) is 6.72. The lowest BCUT2D eigenvalue weighted by Gasteiger charge is -2.30. The fraction of sp³-hybridized carbons (Fsp3) is 0.381. The van der Waals surface area contributed by atoms with Crippen molar-refractivity contribution in [3.8, 4) is 5.75 Å². The number of nitrogens with zero attached hydrogens (tertiary/aromatic N) is 3. The van der Waals surface area contributed by atoms with Gasteiger partial charge in [0.2, 0.25) is 0 Å². The fourth-order valence-corrected chi connectivity index (χ4v) is 4.36. The SMILES string of the molecule is CC(C)C1N(C)C(=O)c2c3c(c(O)c(=O)n21)C(=O)N(Cc1ccc(F)cc1)CC3. The number of fused-ring (bicyclic) bond motifs is 3. The molecule has 0 aliphatic carbocycles. The van der Waals surface area contributed by atoms with E-state index in [-0.39, 0.29) is 35.4 Å². The summed E-state index contributed by atoms with van der Waals surface area (Å²) >= 11 is 0. The zero-order valence-electron chi connectivity index (χ0n) is 16.5. The van der Waals surface area contributed by atoms with Crippen LogP contribution in [0, 0.1) is 11.7 Å². The Morgan fingerprint density at radius 2 is 1.79 bits per heavy atom. The van der Waals surface area contributed by atoms with Crippen LogP contribution in [0.5, 0.6) is 5.75 Å². The van der Waals surface area contributed by atoms with Crippen LogP contribution in [0.3, 0.4) is 0 Å². The van der Waals surface area contributed by atoms with E-state index < -0.39 is 23.4 Å². The molecule has 0 bridgehead atoms. The van der Waals surface area contributed by atoms with Gasteiger partial charge in [0.25, 0.3) is 17.4 Å². The largest absolute Gasteiger partial charge is 0.502 e. The molecule has 0 saturated carbocycles. The Labute approximate surface area is 167 Å². The third-order valence-electron chi connectivity index (χ3n) is 5.69. The van der Waals surface area contributed by atoms with Gasteiger partial charge in [-0.25, -0.2) is 4.39 Å². The molecule has 1 aromatic heterocycles. The lowest BCUT2D eigenvalue weighted by molar-refractivity contribution is 0.0700. The summed E-state index contributed by atoms with van der Waals surface area (Å²) < 4.78 is 14.5. The molecule has 8 heteroatoms. The number of aromatic hydroxyl groups is 1. The molecule has 2 aromatic rings. The maximum absolute atomic E-state index is 13.1. The van der Waals surface area contributed by atoms with Gasteiger partial charge >= 0.3 is 0 Å². The van der Waals surface area contributed by atoms with Crippen molar-refractivity contribution in [1.82, 2.24) is 14.4 Å². The predicted molar refractivity (Wildman–Crippen MR) is 103 cm³/mol. The van der Waals surface area contributed by atoms with Gasteiger partial charge < -0.3 is 14.9 Å². The number of pyridine rings is 1. The van der Waals surface area contributed by atoms with Crippen LogP contribution in [-0.2, 0) is 13.0 Å². The topological polar surface area (TPSA) is 82.9 Å². The van der Waals surface area contributed by atoms with E-state index in [0.717, 1.165) is 5.56 Å². The Morgan fingerprint density at radius 3 is 2.41 bits per heavy atom. The molecule has 0 spiro atoms. The molecule has 29 heavy (non-hydrogen) atoms. The van der Waals surface area contributed by atoms with Crippen molar-refractivity contribution in [3.05, 3.63) is 62.8 Å². The van der Waals surface area contributed by atoms with Gasteiger partial charge in [-0.2, -0.15) is 0 Å². The number of rotatable bonds is 3. The molecule has 0 fully saturated rings. The fourth-order valence-electron chi connectivity index (χ4n) is 4.36. The summed E-state index contributed by atoms with van der Waals surface area (Å²) in [5.74, 6) is -1.86. The molecular formula is C21H22FN3O4. The molecular weight excluding hydrogens is 377 g/mol. The quantitative estimate of drug-likeness (QED) is 0.857. The van der Waals surface area contributed by atoms with Crippen molar-refractivity contribution < 1.29 is 19.1 Å². The number of aromatic nitrogens is 1. The van der Waals surface area contributed by atoms with Gasteiger partial charge in [0, 0.05) is 25.7 Å². The highest BCUT2D eigenvalue weighted by molar-refractivity contribution is 6.04. The molecule has 3 heterocycles. The first-order valence-electron chi connectivity index (χ1n) is 9.53. The predicted octanol–water partition coefficient (Wildman–Crippen LogP) is 2.13. The van der Waals surface area contributed by atoms with Crippen LogP contribution in [0.25, 0.3) is 0 Å². The first-order valence-corrected chi connectivity index (χ1v) is 9.53. The zero-order valence-corrected chi connectivity index (χ0v) is 16.5. The Bertz CT molecular complexity index is 1070. The van der Waals surface area contributed by atoms with E-state index in [2.05, 4.69) is 0 Å². The Hall–Kier alpha value is -3.16. The highest BCUT2D eigenvalue weighted by Gasteiger charge is 2.43. The number of hydrogen-bond donors (Lipinski definition) is 1. The van der Waals surface area contributed by atoms with E-state index in [9.17, 15) is 23.9 Å². The van der Waals surface area contributed by atoms with E-state index in [1.807, 2.05) is 13.8 Å².